The maximum absolute atomic E-state index is 4.12. The lowest BCUT2D eigenvalue weighted by molar-refractivity contribution is 0.737. The van der Waals surface area contributed by atoms with Crippen LogP contribution in [0.1, 0.15) is 23.6 Å². The highest BCUT2D eigenvalue weighted by Gasteiger charge is 2.23. The van der Waals surface area contributed by atoms with Crippen LogP contribution in [0.15, 0.2) is 54.6 Å². The van der Waals surface area contributed by atoms with Gasteiger partial charge in [0.05, 0.1) is 11.7 Å². The smallest absolute Gasteiger partial charge is 0.248 e. The molecule has 2 aromatic carbocycles. The molecule has 104 valence electrons. The van der Waals surface area contributed by atoms with Gasteiger partial charge in [-0.3, -0.25) is 0 Å². The average Bonchev–Trinajstić information content (AvgIpc) is 3.16. The molecule has 1 N–H and O–H groups in total. The number of nitrogens with zero attached hydrogens (tertiary/aromatic N) is 4. The Kier molecular flexibility index (Phi) is 2.88. The summed E-state index contributed by atoms with van der Waals surface area (Å²) in [7, 11) is 0. The molecule has 0 saturated heterocycles. The minimum Gasteiger partial charge on any atom is -0.346 e. The lowest BCUT2D eigenvalue weighted by Crippen LogP contribution is -2.12. The number of hydrogen-bond acceptors (Lipinski definition) is 4. The van der Waals surface area contributed by atoms with Gasteiger partial charge in [0.2, 0.25) is 5.95 Å². The topological polar surface area (TPSA) is 55.6 Å². The highest BCUT2D eigenvalue weighted by atomic mass is 15.6. The molecule has 0 saturated carbocycles. The molecule has 1 heterocycles. The SMILES string of the molecule is c1ccc(-n2nnnc2NC2CCc3ccccc32)cc1. The summed E-state index contributed by atoms with van der Waals surface area (Å²) in [5.74, 6) is 0.683. The van der Waals surface area contributed by atoms with Crippen molar-refractivity contribution in [2.75, 3.05) is 5.32 Å². The van der Waals surface area contributed by atoms with E-state index in [1.54, 1.807) is 4.68 Å². The highest BCUT2D eigenvalue weighted by Crippen LogP contribution is 2.33. The van der Waals surface area contributed by atoms with Crippen LogP contribution in [0.5, 0.6) is 0 Å². The van der Waals surface area contributed by atoms with Crippen molar-refractivity contribution < 1.29 is 0 Å². The molecule has 21 heavy (non-hydrogen) atoms. The predicted octanol–water partition coefficient (Wildman–Crippen LogP) is 2.76. The zero-order valence-corrected chi connectivity index (χ0v) is 11.5. The number of hydrogen-bond donors (Lipinski definition) is 1. The quantitative estimate of drug-likeness (QED) is 0.799. The Hall–Kier alpha value is -2.69. The summed E-state index contributed by atoms with van der Waals surface area (Å²) in [5, 5.41) is 15.5. The average molecular weight is 277 g/mol. The van der Waals surface area contributed by atoms with Crippen molar-refractivity contribution in [3.63, 3.8) is 0 Å². The molecule has 4 rings (SSSR count). The van der Waals surface area contributed by atoms with Crippen LogP contribution >= 0.6 is 0 Å². The van der Waals surface area contributed by atoms with Crippen molar-refractivity contribution in [2.45, 2.75) is 18.9 Å². The van der Waals surface area contributed by atoms with Gasteiger partial charge in [-0.05, 0) is 46.5 Å². The van der Waals surface area contributed by atoms with Crippen molar-refractivity contribution in [1.29, 1.82) is 0 Å². The molecular formula is C16H15N5. The maximum Gasteiger partial charge on any atom is 0.248 e. The first-order valence-electron chi connectivity index (χ1n) is 7.10. The van der Waals surface area contributed by atoms with Gasteiger partial charge in [0.15, 0.2) is 0 Å². The van der Waals surface area contributed by atoms with Crippen LogP contribution in [0.2, 0.25) is 0 Å². The molecule has 0 spiro atoms. The first-order valence-corrected chi connectivity index (χ1v) is 7.10. The minimum atomic E-state index is 0.273. The van der Waals surface area contributed by atoms with Gasteiger partial charge in [-0.25, -0.2) is 0 Å². The largest absolute Gasteiger partial charge is 0.346 e. The van der Waals surface area contributed by atoms with E-state index in [-0.39, 0.29) is 6.04 Å². The van der Waals surface area contributed by atoms with Crippen molar-refractivity contribution in [3.8, 4) is 5.69 Å². The molecule has 0 bridgehead atoms. The van der Waals surface area contributed by atoms with Gasteiger partial charge in [-0.15, -0.1) is 0 Å². The van der Waals surface area contributed by atoms with Crippen LogP contribution in [-0.4, -0.2) is 20.2 Å². The summed E-state index contributed by atoms with van der Waals surface area (Å²) in [6.07, 6.45) is 2.17. The number of anilines is 1. The van der Waals surface area contributed by atoms with E-state index in [4.69, 9.17) is 0 Å². The number of rotatable bonds is 3. The summed E-state index contributed by atoms with van der Waals surface area (Å²) in [5.41, 5.74) is 3.71. The zero-order chi connectivity index (χ0) is 14.1. The standard InChI is InChI=1S/C16H15N5/c1-2-7-13(8-3-1)21-16(18-19-20-21)17-15-11-10-12-6-4-5-9-14(12)15/h1-9,15H,10-11H2,(H,17,18,20). The Morgan fingerprint density at radius 3 is 2.71 bits per heavy atom. The van der Waals surface area contributed by atoms with E-state index in [2.05, 4.69) is 45.1 Å². The number of aromatic nitrogens is 4. The third kappa shape index (κ3) is 2.16. The molecule has 0 radical (unpaired) electrons. The van der Waals surface area contributed by atoms with Gasteiger partial charge in [-0.2, -0.15) is 4.68 Å². The Labute approximate surface area is 122 Å². The van der Waals surface area contributed by atoms with Gasteiger partial charge < -0.3 is 5.32 Å². The first-order chi connectivity index (χ1) is 10.4. The van der Waals surface area contributed by atoms with Crippen molar-refractivity contribution in [2.24, 2.45) is 0 Å². The summed E-state index contributed by atoms with van der Waals surface area (Å²) < 4.78 is 1.74. The maximum atomic E-state index is 4.12. The normalized spacial score (nSPS) is 16.7. The van der Waals surface area contributed by atoms with E-state index in [0.717, 1.165) is 18.5 Å². The van der Waals surface area contributed by atoms with E-state index in [1.165, 1.54) is 11.1 Å². The highest BCUT2D eigenvalue weighted by molar-refractivity contribution is 5.43. The molecule has 1 aliphatic rings. The molecule has 1 unspecified atom stereocenters. The van der Waals surface area contributed by atoms with Gasteiger partial charge in [0.1, 0.15) is 0 Å². The molecule has 0 aliphatic heterocycles. The number of fused-ring (bicyclic) bond motifs is 1. The van der Waals surface area contributed by atoms with Crippen molar-refractivity contribution in [1.82, 2.24) is 20.2 Å². The molecule has 0 amide bonds. The third-order valence-electron chi connectivity index (χ3n) is 3.91. The fourth-order valence-corrected chi connectivity index (χ4v) is 2.88. The van der Waals surface area contributed by atoms with E-state index < -0.39 is 0 Å². The Morgan fingerprint density at radius 1 is 1.00 bits per heavy atom. The van der Waals surface area contributed by atoms with E-state index in [0.29, 0.717) is 5.95 Å². The fraction of sp³-hybridized carbons (Fsp3) is 0.188. The van der Waals surface area contributed by atoms with Crippen LogP contribution in [-0.2, 0) is 6.42 Å². The molecule has 1 atom stereocenters. The van der Waals surface area contributed by atoms with Crippen LogP contribution in [0.3, 0.4) is 0 Å². The number of para-hydroxylation sites is 1. The zero-order valence-electron chi connectivity index (χ0n) is 11.5. The minimum absolute atomic E-state index is 0.273. The van der Waals surface area contributed by atoms with Gasteiger partial charge >= 0.3 is 0 Å². The molecule has 1 aliphatic carbocycles. The number of nitrogens with one attached hydrogen (secondary N) is 1. The number of aryl methyl sites for hydroxylation is 1. The second kappa shape index (κ2) is 5.01. The van der Waals surface area contributed by atoms with Crippen LogP contribution < -0.4 is 5.32 Å². The first kappa shape index (κ1) is 12.1. The summed E-state index contributed by atoms with van der Waals surface area (Å²) in [6, 6.07) is 18.7. The summed E-state index contributed by atoms with van der Waals surface area (Å²) >= 11 is 0. The molecule has 3 aromatic rings. The second-order valence-corrected chi connectivity index (χ2v) is 5.18. The summed E-state index contributed by atoms with van der Waals surface area (Å²) in [4.78, 5) is 0. The monoisotopic (exact) mass is 277 g/mol. The molecule has 5 nitrogen and oxygen atoms in total. The fourth-order valence-electron chi connectivity index (χ4n) is 2.88. The second-order valence-electron chi connectivity index (χ2n) is 5.18. The lowest BCUT2D eigenvalue weighted by Gasteiger charge is -2.14. The number of benzene rings is 2. The van der Waals surface area contributed by atoms with E-state index in [9.17, 15) is 0 Å². The third-order valence-corrected chi connectivity index (χ3v) is 3.91. The molecule has 1 aromatic heterocycles. The van der Waals surface area contributed by atoms with Crippen molar-refractivity contribution in [3.05, 3.63) is 65.7 Å². The lowest BCUT2D eigenvalue weighted by atomic mass is 10.1. The Bertz CT molecular complexity index is 750. The van der Waals surface area contributed by atoms with E-state index in [1.807, 2.05) is 30.3 Å². The van der Waals surface area contributed by atoms with E-state index >= 15 is 0 Å². The van der Waals surface area contributed by atoms with Crippen molar-refractivity contribution >= 4 is 5.95 Å². The molecule has 5 heteroatoms. The molecule has 0 fully saturated rings. The Balaban J connectivity index is 1.64. The Morgan fingerprint density at radius 2 is 1.81 bits per heavy atom. The van der Waals surface area contributed by atoms with Gasteiger partial charge in [-0.1, -0.05) is 47.6 Å². The van der Waals surface area contributed by atoms with Gasteiger partial charge in [0, 0.05) is 0 Å². The van der Waals surface area contributed by atoms with Crippen LogP contribution in [0.25, 0.3) is 5.69 Å². The predicted molar refractivity (Wildman–Crippen MR) is 80.3 cm³/mol. The van der Waals surface area contributed by atoms with Gasteiger partial charge in [0.25, 0.3) is 0 Å². The van der Waals surface area contributed by atoms with Crippen LogP contribution in [0.4, 0.5) is 5.95 Å². The van der Waals surface area contributed by atoms with Crippen LogP contribution in [0, 0.1) is 0 Å². The molecular weight excluding hydrogens is 262 g/mol. The number of tetrazole rings is 1. The summed E-state index contributed by atoms with van der Waals surface area (Å²) in [6.45, 7) is 0.